The average molecular weight is 266 g/mol. The second kappa shape index (κ2) is 5.19. The van der Waals surface area contributed by atoms with Crippen LogP contribution in [-0.2, 0) is 9.53 Å². The number of hydrogen-bond acceptors (Lipinski definition) is 3. The average Bonchev–Trinajstić information content (AvgIpc) is 2.33. The van der Waals surface area contributed by atoms with Gasteiger partial charge < -0.3 is 9.47 Å². The highest BCUT2D eigenvalue weighted by Crippen LogP contribution is 2.41. The molecule has 0 saturated heterocycles. The van der Waals surface area contributed by atoms with E-state index in [-0.39, 0.29) is 12.6 Å². The molecule has 1 aromatic rings. The molecule has 104 valence electrons. The van der Waals surface area contributed by atoms with Crippen molar-refractivity contribution in [3.8, 4) is 5.75 Å². The van der Waals surface area contributed by atoms with E-state index in [0.717, 1.165) is 5.56 Å². The number of fused-ring (bicyclic) bond motifs is 1. The highest BCUT2D eigenvalue weighted by molar-refractivity contribution is 5.79. The SMILES string of the molecule is CC(F)COC(=O)C1CC(C)(C)Oc2ccccc21. The van der Waals surface area contributed by atoms with E-state index >= 15 is 0 Å². The first-order chi connectivity index (χ1) is 8.89. The van der Waals surface area contributed by atoms with E-state index in [1.165, 1.54) is 6.92 Å². The van der Waals surface area contributed by atoms with Crippen LogP contribution in [0.5, 0.6) is 5.75 Å². The summed E-state index contributed by atoms with van der Waals surface area (Å²) in [6.45, 7) is 5.04. The number of halogens is 1. The van der Waals surface area contributed by atoms with Crippen molar-refractivity contribution in [1.29, 1.82) is 0 Å². The van der Waals surface area contributed by atoms with Crippen molar-refractivity contribution in [3.63, 3.8) is 0 Å². The lowest BCUT2D eigenvalue weighted by Gasteiger charge is -2.36. The molecule has 0 aliphatic carbocycles. The molecule has 4 heteroatoms. The fourth-order valence-electron chi connectivity index (χ4n) is 2.31. The Morgan fingerprint density at radius 1 is 1.53 bits per heavy atom. The summed E-state index contributed by atoms with van der Waals surface area (Å²) in [5.41, 5.74) is 0.387. The summed E-state index contributed by atoms with van der Waals surface area (Å²) in [6.07, 6.45) is -0.615. The van der Waals surface area contributed by atoms with E-state index in [9.17, 15) is 9.18 Å². The van der Waals surface area contributed by atoms with Crippen molar-refractivity contribution in [2.45, 2.75) is 44.9 Å². The predicted molar refractivity (Wildman–Crippen MR) is 70.0 cm³/mol. The van der Waals surface area contributed by atoms with Crippen LogP contribution in [0.3, 0.4) is 0 Å². The summed E-state index contributed by atoms with van der Waals surface area (Å²) < 4.78 is 23.6. The van der Waals surface area contributed by atoms with Crippen molar-refractivity contribution < 1.29 is 18.7 Å². The van der Waals surface area contributed by atoms with Gasteiger partial charge in [-0.2, -0.15) is 0 Å². The third-order valence-corrected chi connectivity index (χ3v) is 3.12. The van der Waals surface area contributed by atoms with Crippen LogP contribution in [0.4, 0.5) is 4.39 Å². The first-order valence-electron chi connectivity index (χ1n) is 6.48. The Morgan fingerprint density at radius 3 is 2.89 bits per heavy atom. The third-order valence-electron chi connectivity index (χ3n) is 3.12. The molecule has 3 nitrogen and oxygen atoms in total. The molecule has 1 aliphatic rings. The highest BCUT2D eigenvalue weighted by atomic mass is 19.1. The molecule has 0 fully saturated rings. The second-order valence-corrected chi connectivity index (χ2v) is 5.57. The van der Waals surface area contributed by atoms with E-state index < -0.39 is 17.7 Å². The van der Waals surface area contributed by atoms with Gasteiger partial charge in [0, 0.05) is 12.0 Å². The van der Waals surface area contributed by atoms with E-state index in [4.69, 9.17) is 9.47 Å². The number of rotatable bonds is 3. The van der Waals surface area contributed by atoms with E-state index in [2.05, 4.69) is 0 Å². The predicted octanol–water partition coefficient (Wildman–Crippen LogP) is 3.23. The van der Waals surface area contributed by atoms with Crippen LogP contribution in [0, 0.1) is 0 Å². The number of hydrogen-bond donors (Lipinski definition) is 0. The van der Waals surface area contributed by atoms with Crippen LogP contribution in [0.15, 0.2) is 24.3 Å². The lowest BCUT2D eigenvalue weighted by molar-refractivity contribution is -0.149. The summed E-state index contributed by atoms with van der Waals surface area (Å²) in [6, 6.07) is 7.43. The zero-order valence-electron chi connectivity index (χ0n) is 11.5. The summed E-state index contributed by atoms with van der Waals surface area (Å²) in [5.74, 6) is -0.0685. The van der Waals surface area contributed by atoms with Crippen molar-refractivity contribution in [3.05, 3.63) is 29.8 Å². The third kappa shape index (κ3) is 3.25. The lowest BCUT2D eigenvalue weighted by atomic mass is 9.84. The van der Waals surface area contributed by atoms with Crippen molar-refractivity contribution in [2.75, 3.05) is 6.61 Å². The van der Waals surface area contributed by atoms with Crippen LogP contribution in [0.25, 0.3) is 0 Å². The molecule has 1 heterocycles. The molecule has 0 radical (unpaired) electrons. The van der Waals surface area contributed by atoms with E-state index in [0.29, 0.717) is 12.2 Å². The summed E-state index contributed by atoms with van der Waals surface area (Å²) in [5, 5.41) is 0. The Morgan fingerprint density at radius 2 is 2.21 bits per heavy atom. The monoisotopic (exact) mass is 266 g/mol. The summed E-state index contributed by atoms with van der Waals surface area (Å²) >= 11 is 0. The number of carbonyl (C=O) groups is 1. The molecule has 2 unspecified atom stereocenters. The normalized spacial score (nSPS) is 22.0. The van der Waals surface area contributed by atoms with Gasteiger partial charge in [0.2, 0.25) is 0 Å². The maximum Gasteiger partial charge on any atom is 0.313 e. The smallest absolute Gasteiger partial charge is 0.313 e. The Hall–Kier alpha value is -1.58. The summed E-state index contributed by atoms with van der Waals surface area (Å²) in [4.78, 5) is 12.1. The van der Waals surface area contributed by atoms with Gasteiger partial charge in [-0.1, -0.05) is 18.2 Å². The first-order valence-corrected chi connectivity index (χ1v) is 6.48. The second-order valence-electron chi connectivity index (χ2n) is 5.57. The quantitative estimate of drug-likeness (QED) is 0.788. The Labute approximate surface area is 112 Å². The van der Waals surface area contributed by atoms with Gasteiger partial charge in [0.15, 0.2) is 0 Å². The van der Waals surface area contributed by atoms with Crippen LogP contribution in [0.1, 0.15) is 38.7 Å². The first kappa shape index (κ1) is 13.8. The minimum absolute atomic E-state index is 0.196. The van der Waals surface area contributed by atoms with Crippen molar-refractivity contribution in [1.82, 2.24) is 0 Å². The lowest BCUT2D eigenvalue weighted by Crippen LogP contribution is -2.38. The van der Waals surface area contributed by atoms with Gasteiger partial charge in [0.1, 0.15) is 24.1 Å². The van der Waals surface area contributed by atoms with Crippen molar-refractivity contribution in [2.24, 2.45) is 0 Å². The minimum Gasteiger partial charge on any atom is -0.488 e. The number of para-hydroxylation sites is 1. The molecule has 0 spiro atoms. The molecule has 0 aromatic heterocycles. The van der Waals surface area contributed by atoms with Gasteiger partial charge in [0.05, 0.1) is 5.92 Å². The fraction of sp³-hybridized carbons (Fsp3) is 0.533. The molecule has 2 atom stereocenters. The van der Waals surface area contributed by atoms with Crippen LogP contribution < -0.4 is 4.74 Å². The maximum atomic E-state index is 12.8. The Balaban J connectivity index is 2.22. The van der Waals surface area contributed by atoms with Crippen LogP contribution in [0.2, 0.25) is 0 Å². The van der Waals surface area contributed by atoms with Crippen LogP contribution in [-0.4, -0.2) is 24.3 Å². The zero-order chi connectivity index (χ0) is 14.0. The van der Waals surface area contributed by atoms with Crippen LogP contribution >= 0.6 is 0 Å². The Kier molecular flexibility index (Phi) is 3.78. The molecule has 0 N–H and O–H groups in total. The maximum absolute atomic E-state index is 12.8. The number of alkyl halides is 1. The molecule has 2 rings (SSSR count). The number of benzene rings is 1. The standard InChI is InChI=1S/C15H19FO3/c1-10(16)9-18-14(17)12-8-15(2,3)19-13-7-5-4-6-11(12)13/h4-7,10,12H,8-9H2,1-3H3. The highest BCUT2D eigenvalue weighted by Gasteiger charge is 2.38. The molecule has 0 saturated carbocycles. The summed E-state index contributed by atoms with van der Waals surface area (Å²) in [7, 11) is 0. The zero-order valence-corrected chi connectivity index (χ0v) is 11.5. The van der Waals surface area contributed by atoms with Gasteiger partial charge in [0.25, 0.3) is 0 Å². The van der Waals surface area contributed by atoms with Gasteiger partial charge in [-0.25, -0.2) is 4.39 Å². The molecule has 1 aromatic carbocycles. The van der Waals surface area contributed by atoms with Gasteiger partial charge in [-0.05, 0) is 26.8 Å². The van der Waals surface area contributed by atoms with Crippen molar-refractivity contribution >= 4 is 5.97 Å². The van der Waals surface area contributed by atoms with E-state index in [1.54, 1.807) is 0 Å². The number of esters is 1. The van der Waals surface area contributed by atoms with Gasteiger partial charge in [-0.3, -0.25) is 4.79 Å². The minimum atomic E-state index is -1.15. The fourth-order valence-corrected chi connectivity index (χ4v) is 2.31. The Bertz CT molecular complexity index is 468. The largest absolute Gasteiger partial charge is 0.488 e. The molecule has 0 amide bonds. The number of ether oxygens (including phenoxy) is 2. The molecule has 19 heavy (non-hydrogen) atoms. The molecule has 0 bridgehead atoms. The van der Waals surface area contributed by atoms with E-state index in [1.807, 2.05) is 38.1 Å². The van der Waals surface area contributed by atoms with Gasteiger partial charge >= 0.3 is 5.97 Å². The molecular formula is C15H19FO3. The molecular weight excluding hydrogens is 247 g/mol. The topological polar surface area (TPSA) is 35.5 Å². The molecule has 1 aliphatic heterocycles. The van der Waals surface area contributed by atoms with Gasteiger partial charge in [-0.15, -0.1) is 0 Å². The number of carbonyl (C=O) groups excluding carboxylic acids is 1.